The van der Waals surface area contributed by atoms with Crippen molar-refractivity contribution in [3.05, 3.63) is 0 Å². The zero-order valence-electron chi connectivity index (χ0n) is 10.4. The molecule has 2 heteroatoms. The van der Waals surface area contributed by atoms with Gasteiger partial charge in [-0.3, -0.25) is 0 Å². The highest BCUT2D eigenvalue weighted by molar-refractivity contribution is 5.12. The number of hydrogen-bond acceptors (Lipinski definition) is 2. The summed E-state index contributed by atoms with van der Waals surface area (Å²) < 4.78 is 0. The topological polar surface area (TPSA) is 46.2 Å². The maximum absolute atomic E-state index is 9.35. The SMILES string of the molecule is CCCCCCCC1(C)CC1(CN)CO. The van der Waals surface area contributed by atoms with Crippen LogP contribution in [0.5, 0.6) is 0 Å². The van der Waals surface area contributed by atoms with Crippen LogP contribution >= 0.6 is 0 Å². The summed E-state index contributed by atoms with van der Waals surface area (Å²) in [5.74, 6) is 0. The Hall–Kier alpha value is -0.0800. The van der Waals surface area contributed by atoms with Gasteiger partial charge in [0.15, 0.2) is 0 Å². The van der Waals surface area contributed by atoms with Crippen molar-refractivity contribution in [2.24, 2.45) is 16.6 Å². The second-order valence-corrected chi connectivity index (χ2v) is 5.54. The van der Waals surface area contributed by atoms with Gasteiger partial charge in [-0.05, 0) is 18.3 Å². The first kappa shape index (κ1) is 13.0. The van der Waals surface area contributed by atoms with E-state index in [4.69, 9.17) is 5.73 Å². The molecule has 0 radical (unpaired) electrons. The van der Waals surface area contributed by atoms with E-state index in [0.717, 1.165) is 6.42 Å². The molecule has 0 aromatic heterocycles. The minimum absolute atomic E-state index is 0.0672. The molecule has 0 heterocycles. The summed E-state index contributed by atoms with van der Waals surface area (Å²) in [6.07, 6.45) is 9.05. The predicted molar refractivity (Wildman–Crippen MR) is 64.7 cm³/mol. The molecule has 1 saturated carbocycles. The van der Waals surface area contributed by atoms with Crippen molar-refractivity contribution in [2.45, 2.75) is 58.8 Å². The highest BCUT2D eigenvalue weighted by atomic mass is 16.3. The highest BCUT2D eigenvalue weighted by Gasteiger charge is 2.61. The zero-order chi connectivity index (χ0) is 11.4. The Bertz CT molecular complexity index is 189. The fraction of sp³-hybridized carbons (Fsp3) is 1.00. The normalized spacial score (nSPS) is 34.4. The Kier molecular flexibility index (Phi) is 4.60. The molecule has 1 aliphatic rings. The first-order valence-electron chi connectivity index (χ1n) is 6.45. The lowest BCUT2D eigenvalue weighted by Crippen LogP contribution is -2.25. The van der Waals surface area contributed by atoms with Crippen LogP contribution < -0.4 is 5.73 Å². The van der Waals surface area contributed by atoms with Gasteiger partial charge in [0.25, 0.3) is 0 Å². The molecule has 0 amide bonds. The molecule has 2 nitrogen and oxygen atoms in total. The molecule has 1 fully saturated rings. The summed E-state index contributed by atoms with van der Waals surface area (Å²) in [7, 11) is 0. The molecule has 90 valence electrons. The van der Waals surface area contributed by atoms with Crippen LogP contribution in [0.3, 0.4) is 0 Å². The van der Waals surface area contributed by atoms with E-state index in [9.17, 15) is 5.11 Å². The van der Waals surface area contributed by atoms with Crippen molar-refractivity contribution in [3.63, 3.8) is 0 Å². The van der Waals surface area contributed by atoms with Crippen molar-refractivity contribution >= 4 is 0 Å². The Balaban J connectivity index is 2.17. The first-order chi connectivity index (χ1) is 7.14. The summed E-state index contributed by atoms with van der Waals surface area (Å²) in [6.45, 7) is 5.45. The van der Waals surface area contributed by atoms with Crippen molar-refractivity contribution in [1.82, 2.24) is 0 Å². The van der Waals surface area contributed by atoms with Crippen LogP contribution in [0, 0.1) is 10.8 Å². The monoisotopic (exact) mass is 213 g/mol. The average molecular weight is 213 g/mol. The lowest BCUT2D eigenvalue weighted by atomic mass is 9.89. The molecular weight excluding hydrogens is 186 g/mol. The molecule has 2 unspecified atom stereocenters. The second-order valence-electron chi connectivity index (χ2n) is 5.54. The van der Waals surface area contributed by atoms with Gasteiger partial charge in [-0.25, -0.2) is 0 Å². The standard InChI is InChI=1S/C13H27NO/c1-3-4-5-6-7-8-12(2)9-13(12,10-14)11-15/h15H,3-11,14H2,1-2H3. The van der Waals surface area contributed by atoms with Crippen LogP contribution in [0.4, 0.5) is 0 Å². The van der Waals surface area contributed by atoms with Crippen molar-refractivity contribution < 1.29 is 5.11 Å². The van der Waals surface area contributed by atoms with E-state index in [1.807, 2.05) is 0 Å². The van der Waals surface area contributed by atoms with Gasteiger partial charge in [0.05, 0.1) is 6.61 Å². The molecule has 1 aliphatic carbocycles. The lowest BCUT2D eigenvalue weighted by molar-refractivity contribution is 0.175. The fourth-order valence-corrected chi connectivity index (χ4v) is 2.80. The second kappa shape index (κ2) is 5.31. The van der Waals surface area contributed by atoms with E-state index in [1.54, 1.807) is 0 Å². The van der Waals surface area contributed by atoms with Crippen LogP contribution in [-0.2, 0) is 0 Å². The minimum atomic E-state index is 0.0672. The Morgan fingerprint density at radius 1 is 1.20 bits per heavy atom. The molecular formula is C13H27NO. The van der Waals surface area contributed by atoms with Crippen LogP contribution in [-0.4, -0.2) is 18.3 Å². The zero-order valence-corrected chi connectivity index (χ0v) is 10.4. The van der Waals surface area contributed by atoms with Gasteiger partial charge in [0.2, 0.25) is 0 Å². The van der Waals surface area contributed by atoms with Crippen LogP contribution in [0.2, 0.25) is 0 Å². The fourth-order valence-electron chi connectivity index (χ4n) is 2.80. The summed E-state index contributed by atoms with van der Waals surface area (Å²) in [6, 6.07) is 0. The molecule has 0 aromatic rings. The van der Waals surface area contributed by atoms with Gasteiger partial charge in [0.1, 0.15) is 0 Å². The Morgan fingerprint density at radius 3 is 2.33 bits per heavy atom. The lowest BCUT2D eigenvalue weighted by Gasteiger charge is -2.19. The van der Waals surface area contributed by atoms with Crippen molar-refractivity contribution in [2.75, 3.05) is 13.2 Å². The number of rotatable bonds is 8. The maximum atomic E-state index is 9.35. The smallest absolute Gasteiger partial charge is 0.0504 e. The summed E-state index contributed by atoms with van der Waals surface area (Å²) >= 11 is 0. The maximum Gasteiger partial charge on any atom is 0.0504 e. The van der Waals surface area contributed by atoms with Crippen LogP contribution in [0.25, 0.3) is 0 Å². The van der Waals surface area contributed by atoms with Crippen molar-refractivity contribution in [1.29, 1.82) is 0 Å². The number of unbranched alkanes of at least 4 members (excludes halogenated alkanes) is 4. The number of hydrogen-bond donors (Lipinski definition) is 2. The van der Waals surface area contributed by atoms with Crippen LogP contribution in [0.1, 0.15) is 58.8 Å². The summed E-state index contributed by atoms with van der Waals surface area (Å²) in [5.41, 5.74) is 6.15. The predicted octanol–water partition coefficient (Wildman–Crippen LogP) is 2.69. The first-order valence-corrected chi connectivity index (χ1v) is 6.45. The van der Waals surface area contributed by atoms with E-state index in [2.05, 4.69) is 13.8 Å². The van der Waals surface area contributed by atoms with Gasteiger partial charge in [-0.2, -0.15) is 0 Å². The van der Waals surface area contributed by atoms with E-state index < -0.39 is 0 Å². The minimum Gasteiger partial charge on any atom is -0.396 e. The van der Waals surface area contributed by atoms with Crippen LogP contribution in [0.15, 0.2) is 0 Å². The largest absolute Gasteiger partial charge is 0.396 e. The molecule has 15 heavy (non-hydrogen) atoms. The molecule has 0 aromatic carbocycles. The number of aliphatic hydroxyl groups is 1. The van der Waals surface area contributed by atoms with Gasteiger partial charge >= 0.3 is 0 Å². The third-order valence-electron chi connectivity index (χ3n) is 4.41. The summed E-state index contributed by atoms with van der Waals surface area (Å²) in [4.78, 5) is 0. The Labute approximate surface area is 94.2 Å². The summed E-state index contributed by atoms with van der Waals surface area (Å²) in [5, 5.41) is 9.35. The molecule has 0 aliphatic heterocycles. The van der Waals surface area contributed by atoms with Gasteiger partial charge in [-0.1, -0.05) is 46.0 Å². The van der Waals surface area contributed by atoms with E-state index in [-0.39, 0.29) is 12.0 Å². The van der Waals surface area contributed by atoms with Gasteiger partial charge in [0, 0.05) is 12.0 Å². The number of nitrogens with two attached hydrogens (primary N) is 1. The van der Waals surface area contributed by atoms with Crippen molar-refractivity contribution in [3.8, 4) is 0 Å². The molecule has 1 rings (SSSR count). The van der Waals surface area contributed by atoms with E-state index >= 15 is 0 Å². The molecule has 0 saturated heterocycles. The highest BCUT2D eigenvalue weighted by Crippen LogP contribution is 2.65. The molecule has 0 spiro atoms. The third kappa shape index (κ3) is 2.73. The van der Waals surface area contributed by atoms with E-state index in [1.165, 1.54) is 38.5 Å². The van der Waals surface area contributed by atoms with Gasteiger partial charge < -0.3 is 10.8 Å². The Morgan fingerprint density at radius 2 is 1.87 bits per heavy atom. The average Bonchev–Trinajstić information content (AvgIpc) is 2.85. The molecule has 0 bridgehead atoms. The molecule has 2 atom stereocenters. The third-order valence-corrected chi connectivity index (χ3v) is 4.41. The van der Waals surface area contributed by atoms with Gasteiger partial charge in [-0.15, -0.1) is 0 Å². The quantitative estimate of drug-likeness (QED) is 0.609. The number of aliphatic hydroxyl groups excluding tert-OH is 1. The van der Waals surface area contributed by atoms with E-state index in [0.29, 0.717) is 12.0 Å². The molecule has 3 N–H and O–H groups in total.